The highest BCUT2D eigenvalue weighted by Gasteiger charge is 2.20. The molecule has 0 fully saturated rings. The number of rotatable bonds is 11. The molecule has 2 rings (SSSR count). The molecule has 1 heterocycles. The molecule has 0 saturated heterocycles. The van der Waals surface area contributed by atoms with Crippen LogP contribution in [0.2, 0.25) is 0 Å². The highest BCUT2D eigenvalue weighted by molar-refractivity contribution is 8.00. The zero-order valence-corrected chi connectivity index (χ0v) is 17.0. The van der Waals surface area contributed by atoms with E-state index >= 15 is 0 Å². The van der Waals surface area contributed by atoms with Crippen LogP contribution < -0.4 is 10.1 Å². The summed E-state index contributed by atoms with van der Waals surface area (Å²) in [6, 6.07) is 9.64. The summed E-state index contributed by atoms with van der Waals surface area (Å²) in [6.07, 6.45) is 2.67. The lowest BCUT2D eigenvalue weighted by Gasteiger charge is -2.14. The van der Waals surface area contributed by atoms with Gasteiger partial charge in [0.15, 0.2) is 11.0 Å². The minimum absolute atomic E-state index is 0.0413. The van der Waals surface area contributed by atoms with Crippen LogP contribution in [0.4, 0.5) is 0 Å². The summed E-state index contributed by atoms with van der Waals surface area (Å²) in [5, 5.41) is 11.9. The summed E-state index contributed by atoms with van der Waals surface area (Å²) in [6.45, 7) is 11.4. The van der Waals surface area contributed by atoms with E-state index in [-0.39, 0.29) is 11.2 Å². The fourth-order valence-corrected chi connectivity index (χ4v) is 3.24. The molecule has 0 saturated carbocycles. The van der Waals surface area contributed by atoms with Gasteiger partial charge in [-0.3, -0.25) is 4.79 Å². The average Bonchev–Trinajstić information content (AvgIpc) is 3.04. The third-order valence-corrected chi connectivity index (χ3v) is 4.99. The van der Waals surface area contributed by atoms with Gasteiger partial charge in [-0.2, -0.15) is 0 Å². The number of carbonyl (C=O) groups is 1. The lowest BCUT2D eigenvalue weighted by molar-refractivity contribution is -0.120. The van der Waals surface area contributed by atoms with Crippen molar-refractivity contribution in [3.8, 4) is 5.75 Å². The summed E-state index contributed by atoms with van der Waals surface area (Å²) in [7, 11) is 0. The largest absolute Gasteiger partial charge is 0.486 e. The summed E-state index contributed by atoms with van der Waals surface area (Å²) >= 11 is 1.41. The molecule has 1 aromatic carbocycles. The minimum Gasteiger partial charge on any atom is -0.486 e. The number of ether oxygens (including phenoxy) is 1. The Labute approximate surface area is 165 Å². The molecule has 0 aliphatic heterocycles. The van der Waals surface area contributed by atoms with E-state index in [4.69, 9.17) is 4.74 Å². The second-order valence-electron chi connectivity index (χ2n) is 6.63. The molecule has 1 unspecified atom stereocenters. The van der Waals surface area contributed by atoms with Gasteiger partial charge < -0.3 is 14.6 Å². The molecule has 1 amide bonds. The number of aromatic nitrogens is 3. The second kappa shape index (κ2) is 10.8. The standard InChI is InChI=1S/C20H28N4O2S/c1-5-12-21-19(25)16(4)27-20-23-22-18(24(20)13-11-15(2)3)14-26-17-9-7-6-8-10-17/h5-10,15-16H,1,11-14H2,2-4H3,(H,21,25). The van der Waals surface area contributed by atoms with Crippen LogP contribution in [0, 0.1) is 5.92 Å². The molecule has 0 radical (unpaired) electrons. The Kier molecular flexibility index (Phi) is 8.39. The predicted molar refractivity (Wildman–Crippen MR) is 109 cm³/mol. The monoisotopic (exact) mass is 388 g/mol. The van der Waals surface area contributed by atoms with E-state index < -0.39 is 0 Å². The number of para-hydroxylation sites is 1. The molecule has 0 aliphatic carbocycles. The first-order chi connectivity index (χ1) is 13.0. The molecule has 1 aromatic heterocycles. The molecule has 146 valence electrons. The Hall–Kier alpha value is -2.28. The quantitative estimate of drug-likeness (QED) is 0.470. The van der Waals surface area contributed by atoms with Crippen LogP contribution in [-0.2, 0) is 17.9 Å². The molecule has 0 bridgehead atoms. The van der Waals surface area contributed by atoms with Crippen LogP contribution in [0.25, 0.3) is 0 Å². The van der Waals surface area contributed by atoms with E-state index in [9.17, 15) is 4.79 Å². The van der Waals surface area contributed by atoms with Gasteiger partial charge in [-0.25, -0.2) is 0 Å². The molecule has 0 spiro atoms. The smallest absolute Gasteiger partial charge is 0.233 e. The summed E-state index contributed by atoms with van der Waals surface area (Å²) in [4.78, 5) is 12.1. The number of nitrogens with zero attached hydrogens (tertiary/aromatic N) is 3. The molecule has 6 nitrogen and oxygen atoms in total. The van der Waals surface area contributed by atoms with Crippen molar-refractivity contribution in [3.05, 3.63) is 48.8 Å². The van der Waals surface area contributed by atoms with Crippen molar-refractivity contribution < 1.29 is 9.53 Å². The van der Waals surface area contributed by atoms with Crippen molar-refractivity contribution in [1.82, 2.24) is 20.1 Å². The van der Waals surface area contributed by atoms with Crippen molar-refractivity contribution in [3.63, 3.8) is 0 Å². The van der Waals surface area contributed by atoms with Crippen molar-refractivity contribution >= 4 is 17.7 Å². The molecule has 1 N–H and O–H groups in total. The van der Waals surface area contributed by atoms with Gasteiger partial charge in [0.2, 0.25) is 5.91 Å². The van der Waals surface area contributed by atoms with Crippen LogP contribution in [0.1, 0.15) is 33.0 Å². The number of hydrogen-bond acceptors (Lipinski definition) is 5. The lowest BCUT2D eigenvalue weighted by atomic mass is 10.1. The molecular formula is C20H28N4O2S. The third kappa shape index (κ3) is 6.75. The van der Waals surface area contributed by atoms with E-state index in [0.29, 0.717) is 19.1 Å². The number of hydrogen-bond donors (Lipinski definition) is 1. The van der Waals surface area contributed by atoms with Crippen LogP contribution in [0.3, 0.4) is 0 Å². The first-order valence-corrected chi connectivity index (χ1v) is 10.0. The van der Waals surface area contributed by atoms with Crippen molar-refractivity contribution in [2.75, 3.05) is 6.54 Å². The van der Waals surface area contributed by atoms with E-state index in [0.717, 1.165) is 29.7 Å². The average molecular weight is 389 g/mol. The van der Waals surface area contributed by atoms with E-state index in [1.54, 1.807) is 6.08 Å². The highest BCUT2D eigenvalue weighted by atomic mass is 32.2. The van der Waals surface area contributed by atoms with Crippen molar-refractivity contribution in [1.29, 1.82) is 0 Å². The fraction of sp³-hybridized carbons (Fsp3) is 0.450. The molecule has 1 atom stereocenters. The minimum atomic E-state index is -0.269. The van der Waals surface area contributed by atoms with Gasteiger partial charge in [-0.05, 0) is 31.4 Å². The highest BCUT2D eigenvalue weighted by Crippen LogP contribution is 2.24. The van der Waals surface area contributed by atoms with Gasteiger partial charge >= 0.3 is 0 Å². The lowest BCUT2D eigenvalue weighted by Crippen LogP contribution is -2.31. The van der Waals surface area contributed by atoms with E-state index in [1.165, 1.54) is 11.8 Å². The SMILES string of the molecule is C=CCNC(=O)C(C)Sc1nnc(COc2ccccc2)n1CCC(C)C. The van der Waals surface area contributed by atoms with Gasteiger partial charge in [0.25, 0.3) is 0 Å². The van der Waals surface area contributed by atoms with Crippen molar-refractivity contribution in [2.24, 2.45) is 5.92 Å². The summed E-state index contributed by atoms with van der Waals surface area (Å²) in [5.74, 6) is 2.07. The summed E-state index contributed by atoms with van der Waals surface area (Å²) < 4.78 is 7.90. The van der Waals surface area contributed by atoms with Gasteiger partial charge in [0.1, 0.15) is 12.4 Å². The van der Waals surface area contributed by atoms with Crippen LogP contribution in [0.15, 0.2) is 48.1 Å². The van der Waals surface area contributed by atoms with E-state index in [2.05, 4.69) is 40.5 Å². The van der Waals surface area contributed by atoms with Crippen LogP contribution >= 0.6 is 11.8 Å². The van der Waals surface area contributed by atoms with Crippen molar-refractivity contribution in [2.45, 2.75) is 50.8 Å². The van der Waals surface area contributed by atoms with Crippen LogP contribution in [0.5, 0.6) is 5.75 Å². The Bertz CT molecular complexity index is 731. The normalized spacial score (nSPS) is 12.0. The Balaban J connectivity index is 2.09. The Morgan fingerprint density at radius 1 is 1.30 bits per heavy atom. The maximum atomic E-state index is 12.1. The Morgan fingerprint density at radius 2 is 2.04 bits per heavy atom. The van der Waals surface area contributed by atoms with Gasteiger partial charge in [-0.1, -0.05) is 49.9 Å². The zero-order valence-electron chi connectivity index (χ0n) is 16.2. The van der Waals surface area contributed by atoms with E-state index in [1.807, 2.05) is 37.3 Å². The summed E-state index contributed by atoms with van der Waals surface area (Å²) in [5.41, 5.74) is 0. The third-order valence-electron chi connectivity index (χ3n) is 3.91. The van der Waals surface area contributed by atoms with Gasteiger partial charge in [-0.15, -0.1) is 16.8 Å². The molecule has 2 aromatic rings. The van der Waals surface area contributed by atoms with Crippen LogP contribution in [-0.4, -0.2) is 32.5 Å². The Morgan fingerprint density at radius 3 is 2.70 bits per heavy atom. The maximum absolute atomic E-state index is 12.1. The number of thioether (sulfide) groups is 1. The number of amides is 1. The molecule has 27 heavy (non-hydrogen) atoms. The predicted octanol–water partition coefficient (Wildman–Crippen LogP) is 3.69. The second-order valence-corrected chi connectivity index (χ2v) is 7.94. The fourth-order valence-electron chi connectivity index (χ4n) is 2.32. The molecular weight excluding hydrogens is 360 g/mol. The number of nitrogens with one attached hydrogen (secondary N) is 1. The van der Waals surface area contributed by atoms with Gasteiger partial charge in [0.05, 0.1) is 5.25 Å². The first-order valence-electron chi connectivity index (χ1n) is 9.16. The molecule has 0 aliphatic rings. The molecule has 7 heteroatoms. The zero-order chi connectivity index (χ0) is 19.6. The number of benzene rings is 1. The number of carbonyl (C=O) groups excluding carboxylic acids is 1. The van der Waals surface area contributed by atoms with Gasteiger partial charge in [0, 0.05) is 13.1 Å². The maximum Gasteiger partial charge on any atom is 0.233 e. The first kappa shape index (κ1) is 21.0. The topological polar surface area (TPSA) is 69.0 Å².